The van der Waals surface area contributed by atoms with E-state index in [2.05, 4.69) is 5.32 Å². The first kappa shape index (κ1) is 16.7. The molecule has 0 aliphatic rings. The number of amides is 1. The zero-order valence-corrected chi connectivity index (χ0v) is 12.5. The number of carbonyl (C=O) groups is 2. The fourth-order valence-corrected chi connectivity index (χ4v) is 2.10. The molecule has 0 fully saturated rings. The number of hydrogen-bond acceptors (Lipinski definition) is 4. The maximum absolute atomic E-state index is 11.7. The van der Waals surface area contributed by atoms with Crippen LogP contribution in [0.1, 0.15) is 6.42 Å². The van der Waals surface area contributed by atoms with Crippen LogP contribution in [-0.4, -0.2) is 41.6 Å². The van der Waals surface area contributed by atoms with E-state index >= 15 is 0 Å². The Hall–Kier alpha value is -1.40. The molecule has 7 heteroatoms. The minimum absolute atomic E-state index is 0.271. The Kier molecular flexibility index (Phi) is 7.25. The number of carbonyl (C=O) groups excluding carboxylic acids is 1. The van der Waals surface area contributed by atoms with Crippen molar-refractivity contribution in [1.82, 2.24) is 5.32 Å². The molecule has 0 heterocycles. The van der Waals surface area contributed by atoms with Crippen molar-refractivity contribution in [3.8, 4) is 5.75 Å². The van der Waals surface area contributed by atoms with Crippen LogP contribution in [0.2, 0.25) is 5.02 Å². The van der Waals surface area contributed by atoms with Crippen LogP contribution < -0.4 is 10.1 Å². The van der Waals surface area contributed by atoms with Crippen LogP contribution in [0.3, 0.4) is 0 Å². The summed E-state index contributed by atoms with van der Waals surface area (Å²) in [5.41, 5.74) is 0. The van der Waals surface area contributed by atoms with E-state index in [9.17, 15) is 9.59 Å². The first-order valence-electron chi connectivity index (χ1n) is 5.93. The smallest absolute Gasteiger partial charge is 0.326 e. The van der Waals surface area contributed by atoms with Gasteiger partial charge in [-0.2, -0.15) is 11.8 Å². The summed E-state index contributed by atoms with van der Waals surface area (Å²) in [6, 6.07) is 5.87. The van der Waals surface area contributed by atoms with Crippen LogP contribution >= 0.6 is 23.4 Å². The van der Waals surface area contributed by atoms with Crippen LogP contribution in [0.5, 0.6) is 5.75 Å². The van der Waals surface area contributed by atoms with Gasteiger partial charge in [0.2, 0.25) is 0 Å². The van der Waals surface area contributed by atoms with Gasteiger partial charge in [-0.3, -0.25) is 4.79 Å². The van der Waals surface area contributed by atoms with Crippen LogP contribution in [0.25, 0.3) is 0 Å². The second-order valence-electron chi connectivity index (χ2n) is 3.96. The van der Waals surface area contributed by atoms with E-state index < -0.39 is 17.9 Å². The zero-order chi connectivity index (χ0) is 15.0. The Morgan fingerprint density at radius 2 is 2.15 bits per heavy atom. The van der Waals surface area contributed by atoms with E-state index in [1.165, 1.54) is 11.8 Å². The number of para-hydroxylation sites is 1. The van der Waals surface area contributed by atoms with Crippen molar-refractivity contribution in [1.29, 1.82) is 0 Å². The minimum Gasteiger partial charge on any atom is -0.482 e. The molecule has 1 rings (SSSR count). The van der Waals surface area contributed by atoms with Crippen molar-refractivity contribution < 1.29 is 19.4 Å². The zero-order valence-electron chi connectivity index (χ0n) is 11.0. The van der Waals surface area contributed by atoms with Gasteiger partial charge in [0.15, 0.2) is 6.61 Å². The Morgan fingerprint density at radius 3 is 2.75 bits per heavy atom. The van der Waals surface area contributed by atoms with E-state index in [1.807, 2.05) is 6.26 Å². The van der Waals surface area contributed by atoms with Gasteiger partial charge in [-0.05, 0) is 30.6 Å². The predicted octanol–water partition coefficient (Wildman–Crippen LogP) is 2.04. The van der Waals surface area contributed by atoms with Crippen molar-refractivity contribution in [2.75, 3.05) is 18.6 Å². The Balaban J connectivity index is 2.46. The summed E-state index contributed by atoms with van der Waals surface area (Å²) in [6.45, 7) is -0.271. The van der Waals surface area contributed by atoms with Gasteiger partial charge in [0.1, 0.15) is 11.8 Å². The van der Waals surface area contributed by atoms with Crippen LogP contribution in [0.15, 0.2) is 24.3 Å². The highest BCUT2D eigenvalue weighted by atomic mass is 35.5. The van der Waals surface area contributed by atoms with Crippen LogP contribution in [-0.2, 0) is 9.59 Å². The number of nitrogens with one attached hydrogen (secondary N) is 1. The summed E-state index contributed by atoms with van der Waals surface area (Å²) in [5, 5.41) is 11.8. The number of carboxylic acid groups (broad SMARTS) is 1. The van der Waals surface area contributed by atoms with Crippen molar-refractivity contribution >= 4 is 35.2 Å². The lowest BCUT2D eigenvalue weighted by Gasteiger charge is -2.14. The molecular weight excluding hydrogens is 302 g/mol. The molecule has 5 nitrogen and oxygen atoms in total. The SMILES string of the molecule is CSCCC(NC(=O)COc1ccccc1Cl)C(=O)O. The first-order chi connectivity index (χ1) is 9.54. The Morgan fingerprint density at radius 1 is 1.45 bits per heavy atom. The Bertz CT molecular complexity index is 469. The largest absolute Gasteiger partial charge is 0.482 e. The molecule has 1 unspecified atom stereocenters. The maximum atomic E-state index is 11.7. The fraction of sp³-hybridized carbons (Fsp3) is 0.385. The van der Waals surface area contributed by atoms with Gasteiger partial charge < -0.3 is 15.2 Å². The molecule has 1 aromatic carbocycles. The van der Waals surface area contributed by atoms with Crippen LogP contribution in [0, 0.1) is 0 Å². The van der Waals surface area contributed by atoms with E-state index in [4.69, 9.17) is 21.4 Å². The van der Waals surface area contributed by atoms with Gasteiger partial charge in [-0.1, -0.05) is 23.7 Å². The van der Waals surface area contributed by atoms with E-state index in [0.717, 1.165) is 0 Å². The van der Waals surface area contributed by atoms with E-state index in [0.29, 0.717) is 22.9 Å². The molecule has 110 valence electrons. The van der Waals surface area contributed by atoms with E-state index in [-0.39, 0.29) is 6.61 Å². The summed E-state index contributed by atoms with van der Waals surface area (Å²) in [4.78, 5) is 22.6. The van der Waals surface area contributed by atoms with E-state index in [1.54, 1.807) is 24.3 Å². The summed E-state index contributed by atoms with van der Waals surface area (Å²) in [5.74, 6) is -0.494. The number of thioether (sulfide) groups is 1. The number of aliphatic carboxylic acids is 1. The third-order valence-electron chi connectivity index (χ3n) is 2.44. The number of rotatable bonds is 8. The van der Waals surface area contributed by atoms with Crippen molar-refractivity contribution in [3.63, 3.8) is 0 Å². The molecule has 0 aliphatic carbocycles. The monoisotopic (exact) mass is 317 g/mol. The summed E-state index contributed by atoms with van der Waals surface area (Å²) in [7, 11) is 0. The quantitative estimate of drug-likeness (QED) is 0.767. The predicted molar refractivity (Wildman–Crippen MR) is 79.5 cm³/mol. The third kappa shape index (κ3) is 5.71. The van der Waals surface area contributed by atoms with Gasteiger partial charge in [0.05, 0.1) is 5.02 Å². The third-order valence-corrected chi connectivity index (χ3v) is 3.40. The lowest BCUT2D eigenvalue weighted by molar-refractivity contribution is -0.142. The number of halogens is 1. The molecule has 2 N–H and O–H groups in total. The second kappa shape index (κ2) is 8.71. The topological polar surface area (TPSA) is 75.6 Å². The van der Waals surface area contributed by atoms with Crippen molar-refractivity contribution in [2.24, 2.45) is 0 Å². The molecule has 0 saturated carbocycles. The Labute approximate surface area is 126 Å². The van der Waals surface area contributed by atoms with Gasteiger partial charge in [0.25, 0.3) is 5.91 Å². The minimum atomic E-state index is -1.05. The average molecular weight is 318 g/mol. The molecule has 20 heavy (non-hydrogen) atoms. The van der Waals surface area contributed by atoms with Crippen molar-refractivity contribution in [3.05, 3.63) is 29.3 Å². The molecule has 1 atom stereocenters. The molecule has 0 aromatic heterocycles. The van der Waals surface area contributed by atoms with Crippen LogP contribution in [0.4, 0.5) is 0 Å². The van der Waals surface area contributed by atoms with Gasteiger partial charge >= 0.3 is 5.97 Å². The highest BCUT2D eigenvalue weighted by molar-refractivity contribution is 7.98. The average Bonchev–Trinajstić information content (AvgIpc) is 2.42. The second-order valence-corrected chi connectivity index (χ2v) is 5.35. The fourth-order valence-electron chi connectivity index (χ4n) is 1.43. The number of benzene rings is 1. The standard InChI is InChI=1S/C13H16ClNO4S/c1-20-7-6-10(13(17)18)15-12(16)8-19-11-5-3-2-4-9(11)14/h2-5,10H,6-8H2,1H3,(H,15,16)(H,17,18). The normalized spacial score (nSPS) is 11.7. The molecule has 1 aromatic rings. The summed E-state index contributed by atoms with van der Waals surface area (Å²) >= 11 is 7.40. The highest BCUT2D eigenvalue weighted by Crippen LogP contribution is 2.22. The van der Waals surface area contributed by atoms with Gasteiger partial charge in [0, 0.05) is 0 Å². The molecule has 0 radical (unpaired) electrons. The summed E-state index contributed by atoms with van der Waals surface area (Å²) < 4.78 is 5.24. The highest BCUT2D eigenvalue weighted by Gasteiger charge is 2.19. The molecular formula is C13H16ClNO4S. The number of carboxylic acids is 1. The first-order valence-corrected chi connectivity index (χ1v) is 7.70. The summed E-state index contributed by atoms with van der Waals surface area (Å²) in [6.07, 6.45) is 2.25. The number of ether oxygens (including phenoxy) is 1. The van der Waals surface area contributed by atoms with Crippen molar-refractivity contribution in [2.45, 2.75) is 12.5 Å². The molecule has 0 bridgehead atoms. The number of hydrogen-bond donors (Lipinski definition) is 2. The molecule has 0 saturated heterocycles. The lowest BCUT2D eigenvalue weighted by atomic mass is 10.2. The maximum Gasteiger partial charge on any atom is 0.326 e. The van der Waals surface area contributed by atoms with Gasteiger partial charge in [-0.15, -0.1) is 0 Å². The molecule has 0 spiro atoms. The lowest BCUT2D eigenvalue weighted by Crippen LogP contribution is -2.43. The molecule has 1 amide bonds. The molecule has 0 aliphatic heterocycles. The van der Waals surface area contributed by atoms with Gasteiger partial charge in [-0.25, -0.2) is 4.79 Å².